The summed E-state index contributed by atoms with van der Waals surface area (Å²) in [5.74, 6) is 1.75. The highest BCUT2D eigenvalue weighted by molar-refractivity contribution is 7.85. The van der Waals surface area contributed by atoms with E-state index in [0.29, 0.717) is 18.4 Å². The Bertz CT molecular complexity index is 731. The zero-order chi connectivity index (χ0) is 18.3. The molecule has 3 N–H and O–H groups in total. The number of nitrogens with zero attached hydrogens (tertiary/aromatic N) is 1. The minimum Gasteiger partial charge on any atom is -0.342 e. The molecule has 0 bridgehead atoms. The van der Waals surface area contributed by atoms with Gasteiger partial charge < -0.3 is 4.98 Å². The fraction of sp³-hybridized carbons (Fsp3) is 0.462. The van der Waals surface area contributed by atoms with E-state index in [1.807, 2.05) is 18.2 Å². The second-order valence-electron chi connectivity index (χ2n) is 5.26. The number of hydrogen-bond acceptors (Lipinski definition) is 5. The highest BCUT2D eigenvalue weighted by Crippen LogP contribution is 2.12. The third kappa shape index (κ3) is 15.2. The molecule has 0 saturated heterocycles. The number of imidazole rings is 1. The minimum atomic E-state index is -3.67. The van der Waals surface area contributed by atoms with Gasteiger partial charge in [-0.3, -0.25) is 9.11 Å². The molecule has 0 fully saturated rings. The molecule has 2 rings (SSSR count). The molecule has 132 valence electrons. The summed E-state index contributed by atoms with van der Waals surface area (Å²) in [5, 5.41) is 0. The Morgan fingerprint density at radius 2 is 1.48 bits per heavy atom. The number of para-hydroxylation sites is 2. The summed E-state index contributed by atoms with van der Waals surface area (Å²) in [7, 11) is -7.33. The van der Waals surface area contributed by atoms with Gasteiger partial charge in [-0.25, -0.2) is 4.98 Å². The average Bonchev–Trinajstić information content (AvgIpc) is 2.64. The van der Waals surface area contributed by atoms with E-state index in [-0.39, 0.29) is 0 Å². The first-order chi connectivity index (χ1) is 10.3. The Morgan fingerprint density at radius 1 is 1.04 bits per heavy atom. The molecule has 23 heavy (non-hydrogen) atoms. The van der Waals surface area contributed by atoms with Gasteiger partial charge in [-0.15, -0.1) is 0 Å². The Balaban J connectivity index is 0.000000406. The smallest absolute Gasteiger partial charge is 0.261 e. The standard InChI is InChI=1S/C11H14N2.2CH4O3S/c1-8(2)7-11-12-9-5-3-4-6-10(9)13-11;2*1-5(2,3)4/h3-6,8H,7H2,1-2H3,(H,12,13);2*1H3,(H,2,3,4). The fourth-order valence-corrected chi connectivity index (χ4v) is 1.49. The van der Waals surface area contributed by atoms with Gasteiger partial charge >= 0.3 is 0 Å². The van der Waals surface area contributed by atoms with Crippen molar-refractivity contribution in [3.63, 3.8) is 0 Å². The summed E-state index contributed by atoms with van der Waals surface area (Å²) >= 11 is 0. The van der Waals surface area contributed by atoms with E-state index < -0.39 is 20.2 Å². The maximum atomic E-state index is 9.19. The van der Waals surface area contributed by atoms with E-state index in [0.717, 1.165) is 23.3 Å². The van der Waals surface area contributed by atoms with Crippen LogP contribution >= 0.6 is 0 Å². The third-order valence-electron chi connectivity index (χ3n) is 2.04. The molecule has 0 atom stereocenters. The number of aromatic nitrogens is 2. The molecule has 0 aliphatic heterocycles. The molecule has 0 aliphatic rings. The molecule has 0 spiro atoms. The highest BCUT2D eigenvalue weighted by atomic mass is 32.2. The number of rotatable bonds is 2. The summed E-state index contributed by atoms with van der Waals surface area (Å²) in [5.41, 5.74) is 2.20. The maximum absolute atomic E-state index is 9.19. The lowest BCUT2D eigenvalue weighted by Crippen LogP contribution is -1.95. The van der Waals surface area contributed by atoms with Crippen LogP contribution in [0.3, 0.4) is 0 Å². The number of nitrogens with one attached hydrogen (secondary N) is 1. The molecule has 0 amide bonds. The van der Waals surface area contributed by atoms with E-state index in [1.165, 1.54) is 0 Å². The van der Waals surface area contributed by atoms with Gasteiger partial charge in [-0.05, 0) is 18.1 Å². The molecule has 1 heterocycles. The van der Waals surface area contributed by atoms with Gasteiger partial charge in [-0.2, -0.15) is 16.8 Å². The fourth-order valence-electron chi connectivity index (χ4n) is 1.49. The molecule has 10 heteroatoms. The predicted molar refractivity (Wildman–Crippen MR) is 89.6 cm³/mol. The maximum Gasteiger partial charge on any atom is 0.261 e. The molecule has 0 aliphatic carbocycles. The van der Waals surface area contributed by atoms with Gasteiger partial charge in [0.2, 0.25) is 0 Å². The van der Waals surface area contributed by atoms with E-state index in [4.69, 9.17) is 9.11 Å². The van der Waals surface area contributed by atoms with Gasteiger partial charge in [0.25, 0.3) is 20.2 Å². The minimum absolute atomic E-state index is 0.653. The van der Waals surface area contributed by atoms with Crippen LogP contribution in [0.4, 0.5) is 0 Å². The van der Waals surface area contributed by atoms with E-state index >= 15 is 0 Å². The van der Waals surface area contributed by atoms with Crippen LogP contribution in [-0.4, -0.2) is 48.4 Å². The van der Waals surface area contributed by atoms with Gasteiger partial charge in [0.15, 0.2) is 0 Å². The second kappa shape index (κ2) is 8.96. The monoisotopic (exact) mass is 366 g/mol. The van der Waals surface area contributed by atoms with Crippen molar-refractivity contribution >= 4 is 31.3 Å². The van der Waals surface area contributed by atoms with E-state index in [2.05, 4.69) is 29.9 Å². The van der Waals surface area contributed by atoms with Gasteiger partial charge in [-0.1, -0.05) is 26.0 Å². The Kier molecular flexibility index (Phi) is 8.38. The Labute approximate surface area is 136 Å². The largest absolute Gasteiger partial charge is 0.342 e. The second-order valence-corrected chi connectivity index (χ2v) is 8.20. The summed E-state index contributed by atoms with van der Waals surface area (Å²) in [6.45, 7) is 4.40. The number of aromatic amines is 1. The number of benzene rings is 1. The van der Waals surface area contributed by atoms with Gasteiger partial charge in [0.05, 0.1) is 23.5 Å². The topological polar surface area (TPSA) is 137 Å². The van der Waals surface area contributed by atoms with Crippen LogP contribution in [0.2, 0.25) is 0 Å². The summed E-state index contributed by atoms with van der Waals surface area (Å²) in [6, 6.07) is 8.14. The normalized spacial score (nSPS) is 11.4. The zero-order valence-electron chi connectivity index (χ0n) is 13.4. The van der Waals surface area contributed by atoms with Gasteiger partial charge in [0, 0.05) is 6.42 Å². The molecule has 1 aromatic heterocycles. The summed E-state index contributed by atoms with van der Waals surface area (Å²) < 4.78 is 51.7. The Morgan fingerprint density at radius 3 is 1.87 bits per heavy atom. The average molecular weight is 366 g/mol. The van der Waals surface area contributed by atoms with Crippen LogP contribution in [-0.2, 0) is 26.7 Å². The van der Waals surface area contributed by atoms with Crippen LogP contribution in [0.5, 0.6) is 0 Å². The first-order valence-electron chi connectivity index (χ1n) is 6.54. The zero-order valence-corrected chi connectivity index (χ0v) is 15.0. The van der Waals surface area contributed by atoms with Gasteiger partial charge in [0.1, 0.15) is 5.82 Å². The van der Waals surface area contributed by atoms with E-state index in [9.17, 15) is 16.8 Å². The number of H-pyrrole nitrogens is 1. The van der Waals surface area contributed by atoms with Crippen LogP contribution in [0.25, 0.3) is 11.0 Å². The number of hydrogen-bond donors (Lipinski definition) is 3. The quantitative estimate of drug-likeness (QED) is 0.689. The lowest BCUT2D eigenvalue weighted by molar-refractivity contribution is 0.488. The molecule has 0 radical (unpaired) electrons. The molecule has 1 aromatic carbocycles. The summed E-state index contributed by atoms with van der Waals surface area (Å²) in [4.78, 5) is 7.81. The molecule has 0 saturated carbocycles. The van der Waals surface area contributed by atoms with Crippen molar-refractivity contribution in [3.05, 3.63) is 30.1 Å². The molecule has 8 nitrogen and oxygen atoms in total. The lowest BCUT2D eigenvalue weighted by Gasteiger charge is -1.98. The number of fused-ring (bicyclic) bond motifs is 1. The first-order valence-corrected chi connectivity index (χ1v) is 10.2. The van der Waals surface area contributed by atoms with Crippen molar-refractivity contribution in [2.75, 3.05) is 12.5 Å². The Hall–Kier alpha value is -1.49. The molecular weight excluding hydrogens is 344 g/mol. The SMILES string of the molecule is CC(C)Cc1nc2ccccc2[nH]1.CS(=O)(=O)O.CS(=O)(=O)O. The van der Waals surface area contributed by atoms with Crippen molar-refractivity contribution < 1.29 is 25.9 Å². The van der Waals surface area contributed by atoms with Crippen LogP contribution in [0.15, 0.2) is 24.3 Å². The van der Waals surface area contributed by atoms with Crippen LogP contribution < -0.4 is 0 Å². The summed E-state index contributed by atoms with van der Waals surface area (Å²) in [6.07, 6.45) is 2.45. The van der Waals surface area contributed by atoms with Crippen LogP contribution in [0, 0.1) is 5.92 Å². The van der Waals surface area contributed by atoms with Crippen molar-refractivity contribution in [2.45, 2.75) is 20.3 Å². The molecule has 2 aromatic rings. The van der Waals surface area contributed by atoms with Crippen molar-refractivity contribution in [3.8, 4) is 0 Å². The first kappa shape index (κ1) is 21.5. The van der Waals surface area contributed by atoms with Crippen molar-refractivity contribution in [1.82, 2.24) is 9.97 Å². The lowest BCUT2D eigenvalue weighted by atomic mass is 10.1. The molecular formula is C13H22N2O6S2. The van der Waals surface area contributed by atoms with Crippen LogP contribution in [0.1, 0.15) is 19.7 Å². The highest BCUT2D eigenvalue weighted by Gasteiger charge is 2.03. The van der Waals surface area contributed by atoms with Crippen molar-refractivity contribution in [1.29, 1.82) is 0 Å². The third-order valence-corrected chi connectivity index (χ3v) is 2.04. The molecule has 0 unspecified atom stereocenters. The predicted octanol–water partition coefficient (Wildman–Crippen LogP) is 1.77. The van der Waals surface area contributed by atoms with Crippen molar-refractivity contribution in [2.24, 2.45) is 5.92 Å². The van der Waals surface area contributed by atoms with E-state index in [1.54, 1.807) is 0 Å².